The number of furan rings is 1. The molecule has 0 saturated carbocycles. The number of hydrogen-bond donors (Lipinski definition) is 0. The molecule has 0 N–H and O–H groups in total. The Hall–Kier alpha value is -2.79. The molecule has 1 saturated heterocycles. The van der Waals surface area contributed by atoms with Crippen LogP contribution in [0.25, 0.3) is 0 Å². The number of nitrogens with zero attached hydrogens (tertiary/aromatic N) is 4. The molecule has 1 atom stereocenters. The van der Waals surface area contributed by atoms with E-state index in [2.05, 4.69) is 0 Å². The summed E-state index contributed by atoms with van der Waals surface area (Å²) in [6, 6.07) is 5.50. The number of rotatable bonds is 2. The minimum atomic E-state index is -0.591. The van der Waals surface area contributed by atoms with Gasteiger partial charge < -0.3 is 14.1 Å². The van der Waals surface area contributed by atoms with Crippen LogP contribution in [0.1, 0.15) is 17.4 Å². The van der Waals surface area contributed by atoms with Crippen LogP contribution in [-0.2, 0) is 18.8 Å². The van der Waals surface area contributed by atoms with Crippen LogP contribution in [0.4, 0.5) is 5.82 Å². The highest BCUT2D eigenvalue weighted by molar-refractivity contribution is 5.54. The van der Waals surface area contributed by atoms with Crippen molar-refractivity contribution in [3.8, 4) is 6.07 Å². The van der Waals surface area contributed by atoms with Gasteiger partial charge >= 0.3 is 5.69 Å². The van der Waals surface area contributed by atoms with Gasteiger partial charge in [-0.2, -0.15) is 5.26 Å². The largest absolute Gasteiger partial charge is 0.467 e. The average Bonchev–Trinajstić information content (AvgIpc) is 3.10. The summed E-state index contributed by atoms with van der Waals surface area (Å²) in [4.78, 5) is 26.2. The Balaban J connectivity index is 2.07. The summed E-state index contributed by atoms with van der Waals surface area (Å²) in [6.45, 7) is 1.27. The zero-order valence-electron chi connectivity index (χ0n) is 12.9. The van der Waals surface area contributed by atoms with Crippen molar-refractivity contribution >= 4 is 5.82 Å². The normalized spacial score (nSPS) is 18.0. The third-order valence-electron chi connectivity index (χ3n) is 3.97. The van der Waals surface area contributed by atoms with Gasteiger partial charge in [0.05, 0.1) is 19.4 Å². The van der Waals surface area contributed by atoms with Crippen molar-refractivity contribution in [2.75, 3.05) is 24.6 Å². The first-order valence-corrected chi connectivity index (χ1v) is 7.14. The second-order valence-electron chi connectivity index (χ2n) is 5.34. The predicted octanol–water partition coefficient (Wildman–Crippen LogP) is 0.127. The van der Waals surface area contributed by atoms with Crippen molar-refractivity contribution in [1.82, 2.24) is 9.13 Å². The lowest BCUT2D eigenvalue weighted by Gasteiger charge is -2.34. The standard InChI is InChI=1S/C15H16N4O4/c1-17-13(10(8-16)14(20)18(2)15(17)21)19-5-7-23-12(9-19)11-4-3-6-22-11/h3-4,6,12H,5,7,9H2,1-2H3. The number of ether oxygens (including phenoxy) is 1. The highest BCUT2D eigenvalue weighted by Crippen LogP contribution is 2.26. The molecule has 120 valence electrons. The second kappa shape index (κ2) is 5.78. The highest BCUT2D eigenvalue weighted by Gasteiger charge is 2.28. The maximum Gasteiger partial charge on any atom is 0.332 e. The fourth-order valence-corrected chi connectivity index (χ4v) is 2.79. The van der Waals surface area contributed by atoms with E-state index in [1.165, 1.54) is 11.6 Å². The van der Waals surface area contributed by atoms with E-state index in [1.807, 2.05) is 17.0 Å². The maximum absolute atomic E-state index is 12.2. The lowest BCUT2D eigenvalue weighted by molar-refractivity contribution is 0.0252. The molecule has 1 fully saturated rings. The molecule has 3 rings (SSSR count). The topological polar surface area (TPSA) is 93.4 Å². The molecule has 1 unspecified atom stereocenters. The lowest BCUT2D eigenvalue weighted by Crippen LogP contribution is -2.46. The van der Waals surface area contributed by atoms with E-state index in [4.69, 9.17) is 9.15 Å². The Bertz CT molecular complexity index is 873. The zero-order valence-corrected chi connectivity index (χ0v) is 12.9. The molecule has 0 radical (unpaired) electrons. The summed E-state index contributed by atoms with van der Waals surface area (Å²) in [6.07, 6.45) is 1.25. The van der Waals surface area contributed by atoms with E-state index in [0.29, 0.717) is 31.3 Å². The van der Waals surface area contributed by atoms with E-state index in [9.17, 15) is 14.9 Å². The third kappa shape index (κ3) is 2.45. The van der Waals surface area contributed by atoms with Gasteiger partial charge in [0.2, 0.25) is 0 Å². The first kappa shape index (κ1) is 15.1. The summed E-state index contributed by atoms with van der Waals surface area (Å²) in [7, 11) is 2.91. The third-order valence-corrected chi connectivity index (χ3v) is 3.97. The average molecular weight is 316 g/mol. The van der Waals surface area contributed by atoms with Crippen molar-refractivity contribution in [3.05, 3.63) is 50.6 Å². The molecule has 2 aromatic rings. The molecule has 0 spiro atoms. The SMILES string of the molecule is Cn1c(N2CCOC(c3ccco3)C2)c(C#N)c(=O)n(C)c1=O. The highest BCUT2D eigenvalue weighted by atomic mass is 16.5. The molecule has 0 amide bonds. The Morgan fingerprint density at radius 2 is 2.09 bits per heavy atom. The monoisotopic (exact) mass is 316 g/mol. The van der Waals surface area contributed by atoms with Crippen LogP contribution in [-0.4, -0.2) is 28.8 Å². The van der Waals surface area contributed by atoms with Gasteiger partial charge in [0.15, 0.2) is 5.56 Å². The molecule has 1 aliphatic rings. The maximum atomic E-state index is 12.2. The quantitative estimate of drug-likeness (QED) is 0.781. The molecule has 0 aromatic carbocycles. The second-order valence-corrected chi connectivity index (χ2v) is 5.34. The molecule has 0 aliphatic carbocycles. The summed E-state index contributed by atoms with van der Waals surface area (Å²) in [5.74, 6) is 0.988. The van der Waals surface area contributed by atoms with Crippen molar-refractivity contribution in [2.24, 2.45) is 14.1 Å². The van der Waals surface area contributed by atoms with Crippen LogP contribution in [0.3, 0.4) is 0 Å². The van der Waals surface area contributed by atoms with Gasteiger partial charge in [0.1, 0.15) is 23.8 Å². The Morgan fingerprint density at radius 1 is 1.30 bits per heavy atom. The lowest BCUT2D eigenvalue weighted by atomic mass is 10.2. The molecular formula is C15H16N4O4. The van der Waals surface area contributed by atoms with Gasteiger partial charge in [0.25, 0.3) is 5.56 Å². The summed E-state index contributed by atoms with van der Waals surface area (Å²) in [5.41, 5.74) is -1.11. The van der Waals surface area contributed by atoms with Gasteiger partial charge in [-0.15, -0.1) is 0 Å². The molecule has 8 nitrogen and oxygen atoms in total. The Labute approximate surface area is 131 Å². The Kier molecular flexibility index (Phi) is 3.80. The van der Waals surface area contributed by atoms with Crippen molar-refractivity contribution < 1.29 is 9.15 Å². The van der Waals surface area contributed by atoms with E-state index in [-0.39, 0.29) is 11.7 Å². The molecular weight excluding hydrogens is 300 g/mol. The zero-order chi connectivity index (χ0) is 16.6. The molecule has 3 heterocycles. The molecule has 0 bridgehead atoms. The van der Waals surface area contributed by atoms with Gasteiger partial charge in [-0.3, -0.25) is 13.9 Å². The molecule has 8 heteroatoms. The first-order chi connectivity index (χ1) is 11.0. The first-order valence-electron chi connectivity index (χ1n) is 7.14. The molecule has 2 aromatic heterocycles. The molecule has 1 aliphatic heterocycles. The number of morpholine rings is 1. The van der Waals surface area contributed by atoms with Crippen molar-refractivity contribution in [1.29, 1.82) is 5.26 Å². The van der Waals surface area contributed by atoms with Crippen LogP contribution in [0.15, 0.2) is 32.4 Å². The molecule has 23 heavy (non-hydrogen) atoms. The minimum Gasteiger partial charge on any atom is -0.467 e. The van der Waals surface area contributed by atoms with Crippen LogP contribution in [0.2, 0.25) is 0 Å². The van der Waals surface area contributed by atoms with Crippen LogP contribution in [0.5, 0.6) is 0 Å². The summed E-state index contributed by atoms with van der Waals surface area (Å²) in [5, 5.41) is 9.36. The summed E-state index contributed by atoms with van der Waals surface area (Å²) < 4.78 is 13.3. The minimum absolute atomic E-state index is 0.0466. The van der Waals surface area contributed by atoms with Crippen LogP contribution < -0.4 is 16.1 Å². The number of anilines is 1. The fraction of sp³-hybridized carbons (Fsp3) is 0.400. The smallest absolute Gasteiger partial charge is 0.332 e. The van der Waals surface area contributed by atoms with Crippen molar-refractivity contribution in [3.63, 3.8) is 0 Å². The van der Waals surface area contributed by atoms with Crippen molar-refractivity contribution in [2.45, 2.75) is 6.10 Å². The Morgan fingerprint density at radius 3 is 2.74 bits per heavy atom. The van der Waals surface area contributed by atoms with E-state index < -0.39 is 11.2 Å². The number of hydrogen-bond acceptors (Lipinski definition) is 6. The van der Waals surface area contributed by atoms with Crippen LogP contribution in [0, 0.1) is 11.3 Å². The summed E-state index contributed by atoms with van der Waals surface area (Å²) >= 11 is 0. The fourth-order valence-electron chi connectivity index (χ4n) is 2.79. The van der Waals surface area contributed by atoms with Gasteiger partial charge in [-0.1, -0.05) is 0 Å². The predicted molar refractivity (Wildman–Crippen MR) is 81.3 cm³/mol. The van der Waals surface area contributed by atoms with Gasteiger partial charge in [0, 0.05) is 20.6 Å². The van der Waals surface area contributed by atoms with Crippen LogP contribution >= 0.6 is 0 Å². The van der Waals surface area contributed by atoms with Gasteiger partial charge in [-0.05, 0) is 12.1 Å². The van der Waals surface area contributed by atoms with E-state index >= 15 is 0 Å². The van der Waals surface area contributed by atoms with Gasteiger partial charge in [-0.25, -0.2) is 4.79 Å². The number of nitriles is 1. The number of aromatic nitrogens is 2. The van der Waals surface area contributed by atoms with E-state index in [1.54, 1.807) is 19.4 Å². The van der Waals surface area contributed by atoms with E-state index in [0.717, 1.165) is 4.57 Å².